The molecular weight excluding hydrogens is 444 g/mol. The van der Waals surface area contributed by atoms with Crippen molar-refractivity contribution in [3.8, 4) is 22.4 Å². The first-order valence-electron chi connectivity index (χ1n) is 13.1. The second kappa shape index (κ2) is 9.90. The molecule has 2 aromatic carbocycles. The second-order valence-corrected chi connectivity index (χ2v) is 9.99. The molecular formula is C31H36N4O. The smallest absolute Gasteiger partial charge is 0.253 e. The van der Waals surface area contributed by atoms with Gasteiger partial charge in [0.1, 0.15) is 0 Å². The lowest BCUT2D eigenvalue weighted by Gasteiger charge is -2.18. The van der Waals surface area contributed by atoms with Crippen LogP contribution < -0.4 is 5.32 Å². The van der Waals surface area contributed by atoms with Gasteiger partial charge >= 0.3 is 0 Å². The second-order valence-electron chi connectivity index (χ2n) is 9.99. The number of carbonyl (C=O) groups is 1. The zero-order valence-electron chi connectivity index (χ0n) is 22.0. The predicted octanol–water partition coefficient (Wildman–Crippen LogP) is 6.14. The van der Waals surface area contributed by atoms with E-state index in [2.05, 4.69) is 58.6 Å². The number of amides is 1. The number of aromatic amines is 1. The maximum Gasteiger partial charge on any atom is 0.253 e. The highest BCUT2D eigenvalue weighted by Crippen LogP contribution is 2.33. The molecule has 0 radical (unpaired) electrons. The predicted molar refractivity (Wildman–Crippen MR) is 148 cm³/mol. The Balaban J connectivity index is 0.00000130. The Hall–Kier alpha value is -3.44. The van der Waals surface area contributed by atoms with Crippen molar-refractivity contribution in [1.29, 1.82) is 0 Å². The zero-order valence-corrected chi connectivity index (χ0v) is 22.0. The molecule has 2 unspecified atom stereocenters. The number of rotatable bonds is 3. The van der Waals surface area contributed by atoms with Gasteiger partial charge in [-0.2, -0.15) is 0 Å². The van der Waals surface area contributed by atoms with Gasteiger partial charge in [0.25, 0.3) is 5.91 Å². The summed E-state index contributed by atoms with van der Waals surface area (Å²) in [5.74, 6) is 1.36. The first-order chi connectivity index (χ1) is 17.5. The standard InChI is InChI=1S/C29H30N4O.C2H6/c1-17-9-23(10-18(2)31-17)28-19(3)26-8-7-21(12-27(26)32-28)20-5-4-6-22(11-20)29(34)33-15-24-13-30-14-25(24)16-33;1-2/h4-12,24-25,30,32H,13-16H2,1-3H3;1-2H3. The van der Waals surface area contributed by atoms with E-state index in [0.717, 1.165) is 65.5 Å². The number of H-pyrrole nitrogens is 1. The monoisotopic (exact) mass is 480 g/mol. The maximum atomic E-state index is 13.2. The molecule has 0 saturated carbocycles. The van der Waals surface area contributed by atoms with Gasteiger partial charge in [0.15, 0.2) is 0 Å². The molecule has 4 aromatic rings. The van der Waals surface area contributed by atoms with Gasteiger partial charge in [0.2, 0.25) is 0 Å². The number of nitrogens with zero attached hydrogens (tertiary/aromatic N) is 2. The van der Waals surface area contributed by atoms with E-state index in [9.17, 15) is 4.79 Å². The first-order valence-corrected chi connectivity index (χ1v) is 13.1. The third-order valence-corrected chi connectivity index (χ3v) is 7.55. The number of likely N-dealkylation sites (tertiary alicyclic amines) is 1. The van der Waals surface area contributed by atoms with Crippen LogP contribution in [0.15, 0.2) is 54.6 Å². The minimum atomic E-state index is 0.152. The Morgan fingerprint density at radius 2 is 1.53 bits per heavy atom. The fourth-order valence-corrected chi connectivity index (χ4v) is 5.82. The quantitative estimate of drug-likeness (QED) is 0.370. The lowest BCUT2D eigenvalue weighted by Crippen LogP contribution is -2.31. The first kappa shape index (κ1) is 24.3. The molecule has 6 rings (SSSR count). The van der Waals surface area contributed by atoms with Crippen LogP contribution in [0.1, 0.15) is 41.2 Å². The van der Waals surface area contributed by atoms with Crippen molar-refractivity contribution in [1.82, 2.24) is 20.2 Å². The molecule has 2 aliphatic rings. The van der Waals surface area contributed by atoms with E-state index in [0.29, 0.717) is 11.8 Å². The van der Waals surface area contributed by atoms with Gasteiger partial charge in [-0.15, -0.1) is 0 Å². The van der Waals surface area contributed by atoms with Crippen molar-refractivity contribution in [2.45, 2.75) is 34.6 Å². The minimum absolute atomic E-state index is 0.152. The van der Waals surface area contributed by atoms with Crippen molar-refractivity contribution in [3.63, 3.8) is 0 Å². The number of hydrogen-bond donors (Lipinski definition) is 2. The number of fused-ring (bicyclic) bond motifs is 2. The van der Waals surface area contributed by atoms with Gasteiger partial charge in [0, 0.05) is 65.3 Å². The van der Waals surface area contributed by atoms with Crippen molar-refractivity contribution in [2.24, 2.45) is 11.8 Å². The third-order valence-electron chi connectivity index (χ3n) is 7.55. The third kappa shape index (κ3) is 4.44. The fourth-order valence-electron chi connectivity index (χ4n) is 5.82. The average molecular weight is 481 g/mol. The average Bonchev–Trinajstić information content (AvgIpc) is 3.58. The van der Waals surface area contributed by atoms with Crippen LogP contribution in [0.4, 0.5) is 0 Å². The summed E-state index contributed by atoms with van der Waals surface area (Å²) in [6.45, 7) is 14.0. The molecule has 36 heavy (non-hydrogen) atoms. The largest absolute Gasteiger partial charge is 0.354 e. The SMILES string of the molecule is CC.Cc1cc(-c2[nH]c3cc(-c4cccc(C(=O)N5CC6CNCC6C5)c4)ccc3c2C)cc(C)n1. The van der Waals surface area contributed by atoms with Crippen LogP contribution in [0, 0.1) is 32.6 Å². The number of nitrogens with one attached hydrogen (secondary N) is 2. The van der Waals surface area contributed by atoms with Crippen LogP contribution in [0.25, 0.3) is 33.3 Å². The molecule has 1 amide bonds. The topological polar surface area (TPSA) is 61.0 Å². The van der Waals surface area contributed by atoms with Crippen LogP contribution in [0.5, 0.6) is 0 Å². The van der Waals surface area contributed by atoms with E-state index in [4.69, 9.17) is 0 Å². The van der Waals surface area contributed by atoms with E-state index in [1.165, 1.54) is 16.5 Å². The summed E-state index contributed by atoms with van der Waals surface area (Å²) >= 11 is 0. The van der Waals surface area contributed by atoms with E-state index in [1.807, 2.05) is 50.8 Å². The van der Waals surface area contributed by atoms with Crippen LogP contribution in [0.2, 0.25) is 0 Å². The number of aromatic nitrogens is 2. The molecule has 2 aromatic heterocycles. The molecule has 5 nitrogen and oxygen atoms in total. The van der Waals surface area contributed by atoms with Crippen molar-refractivity contribution >= 4 is 16.8 Å². The maximum absolute atomic E-state index is 13.2. The van der Waals surface area contributed by atoms with Gasteiger partial charge in [-0.3, -0.25) is 9.78 Å². The molecule has 2 saturated heterocycles. The number of aryl methyl sites for hydroxylation is 3. The Bertz CT molecular complexity index is 1390. The molecule has 0 spiro atoms. The van der Waals surface area contributed by atoms with Crippen LogP contribution in [-0.4, -0.2) is 47.0 Å². The van der Waals surface area contributed by atoms with Crippen molar-refractivity contribution in [2.75, 3.05) is 26.2 Å². The minimum Gasteiger partial charge on any atom is -0.354 e. The summed E-state index contributed by atoms with van der Waals surface area (Å²) in [5.41, 5.74) is 9.64. The number of hydrogen-bond acceptors (Lipinski definition) is 3. The molecule has 2 atom stereocenters. The summed E-state index contributed by atoms with van der Waals surface area (Å²) in [6.07, 6.45) is 0. The van der Waals surface area contributed by atoms with E-state index in [1.54, 1.807) is 0 Å². The summed E-state index contributed by atoms with van der Waals surface area (Å²) in [5, 5.41) is 4.66. The van der Waals surface area contributed by atoms with Crippen molar-refractivity contribution in [3.05, 3.63) is 77.1 Å². The lowest BCUT2D eigenvalue weighted by atomic mass is 10.0. The lowest BCUT2D eigenvalue weighted by molar-refractivity contribution is 0.0781. The highest BCUT2D eigenvalue weighted by molar-refractivity contribution is 5.97. The Morgan fingerprint density at radius 1 is 0.861 bits per heavy atom. The molecule has 0 bridgehead atoms. The Kier molecular flexibility index (Phi) is 6.67. The van der Waals surface area contributed by atoms with Gasteiger partial charge in [-0.1, -0.05) is 38.1 Å². The van der Waals surface area contributed by atoms with Gasteiger partial charge < -0.3 is 15.2 Å². The van der Waals surface area contributed by atoms with E-state index >= 15 is 0 Å². The molecule has 0 aliphatic carbocycles. The number of carbonyl (C=O) groups excluding carboxylic acids is 1. The molecule has 2 fully saturated rings. The molecule has 186 valence electrons. The van der Waals surface area contributed by atoms with Crippen LogP contribution >= 0.6 is 0 Å². The highest BCUT2D eigenvalue weighted by atomic mass is 16.2. The molecule has 4 heterocycles. The van der Waals surface area contributed by atoms with Crippen LogP contribution in [-0.2, 0) is 0 Å². The highest BCUT2D eigenvalue weighted by Gasteiger charge is 2.38. The summed E-state index contributed by atoms with van der Waals surface area (Å²) < 4.78 is 0. The zero-order chi connectivity index (χ0) is 25.4. The Morgan fingerprint density at radius 3 is 2.22 bits per heavy atom. The summed E-state index contributed by atoms with van der Waals surface area (Å²) in [4.78, 5) is 23.4. The number of benzene rings is 2. The van der Waals surface area contributed by atoms with Crippen LogP contribution in [0.3, 0.4) is 0 Å². The normalized spacial score (nSPS) is 18.8. The van der Waals surface area contributed by atoms with E-state index in [-0.39, 0.29) is 5.91 Å². The van der Waals surface area contributed by atoms with Gasteiger partial charge in [0.05, 0.1) is 0 Å². The number of pyridine rings is 1. The van der Waals surface area contributed by atoms with Gasteiger partial charge in [-0.05, 0) is 79.6 Å². The molecule has 2 N–H and O–H groups in total. The summed E-state index contributed by atoms with van der Waals surface area (Å²) in [7, 11) is 0. The van der Waals surface area contributed by atoms with Crippen molar-refractivity contribution < 1.29 is 4.79 Å². The summed E-state index contributed by atoms with van der Waals surface area (Å²) in [6, 6.07) is 18.9. The van der Waals surface area contributed by atoms with Gasteiger partial charge in [-0.25, -0.2) is 0 Å². The van der Waals surface area contributed by atoms with E-state index < -0.39 is 0 Å². The fraction of sp³-hybridized carbons (Fsp3) is 0.355. The Labute approximate surface area is 214 Å². The molecule has 5 heteroatoms. The molecule has 2 aliphatic heterocycles.